The van der Waals surface area contributed by atoms with Gasteiger partial charge in [0.25, 0.3) is 0 Å². The van der Waals surface area contributed by atoms with Crippen LogP contribution in [0.5, 0.6) is 0 Å². The number of rotatable bonds is 5. The minimum absolute atomic E-state index is 0.0270. The van der Waals surface area contributed by atoms with Gasteiger partial charge in [0.2, 0.25) is 5.91 Å². The van der Waals surface area contributed by atoms with Crippen LogP contribution in [0, 0.1) is 5.92 Å². The van der Waals surface area contributed by atoms with E-state index >= 15 is 0 Å². The number of benzene rings is 1. The van der Waals surface area contributed by atoms with Crippen LogP contribution in [0.25, 0.3) is 10.4 Å². The van der Waals surface area contributed by atoms with E-state index in [9.17, 15) is 4.79 Å². The first-order valence-electron chi connectivity index (χ1n) is 6.15. The van der Waals surface area contributed by atoms with Crippen LogP contribution in [-0.4, -0.2) is 23.9 Å². The fourth-order valence-corrected chi connectivity index (χ4v) is 2.29. The Morgan fingerprint density at radius 3 is 2.89 bits per heavy atom. The molecule has 1 aromatic carbocycles. The summed E-state index contributed by atoms with van der Waals surface area (Å²) in [5.74, 6) is 0.214. The minimum atomic E-state index is 0.0270. The van der Waals surface area contributed by atoms with Gasteiger partial charge in [-0.3, -0.25) is 4.79 Å². The van der Waals surface area contributed by atoms with E-state index in [4.69, 9.17) is 5.53 Å². The number of carbonyl (C=O) groups excluding carboxylic acids is 1. The second-order valence-corrected chi connectivity index (χ2v) is 4.47. The summed E-state index contributed by atoms with van der Waals surface area (Å²) in [6.45, 7) is 1.89. The molecule has 0 unspecified atom stereocenters. The van der Waals surface area contributed by atoms with Crippen LogP contribution < -0.4 is 0 Å². The van der Waals surface area contributed by atoms with Crippen LogP contribution in [0.15, 0.2) is 35.4 Å². The van der Waals surface area contributed by atoms with Crippen molar-refractivity contribution in [3.8, 4) is 0 Å². The Balaban J connectivity index is 1.89. The maximum Gasteiger partial charge on any atom is 0.226 e. The van der Waals surface area contributed by atoms with Crippen LogP contribution in [0.2, 0.25) is 0 Å². The Labute approximate surface area is 106 Å². The van der Waals surface area contributed by atoms with Crippen molar-refractivity contribution in [3.05, 3.63) is 46.3 Å². The van der Waals surface area contributed by atoms with Gasteiger partial charge >= 0.3 is 0 Å². The Hall–Kier alpha value is -2.00. The van der Waals surface area contributed by atoms with E-state index in [1.807, 2.05) is 35.2 Å². The highest BCUT2D eigenvalue weighted by Gasteiger charge is 2.30. The van der Waals surface area contributed by atoms with Crippen LogP contribution in [-0.2, 0) is 11.3 Å². The zero-order chi connectivity index (χ0) is 12.8. The first-order chi connectivity index (χ1) is 8.81. The van der Waals surface area contributed by atoms with Gasteiger partial charge in [-0.05, 0) is 23.9 Å². The van der Waals surface area contributed by atoms with E-state index < -0.39 is 0 Å². The molecule has 1 fully saturated rings. The molecule has 1 saturated heterocycles. The Morgan fingerprint density at radius 1 is 1.39 bits per heavy atom. The standard InChI is InChI=1S/C13H16N4O/c14-16-15-8-6-12-7-9-17(13(12)18)10-11-4-2-1-3-5-11/h1-5,12H,6-10H2/t12-/m0/s1. The lowest BCUT2D eigenvalue weighted by Crippen LogP contribution is -2.27. The molecule has 1 aromatic rings. The van der Waals surface area contributed by atoms with Gasteiger partial charge in [0.05, 0.1) is 0 Å². The molecule has 0 radical (unpaired) electrons. The number of hydrogen-bond donors (Lipinski definition) is 0. The SMILES string of the molecule is [N-]=[N+]=NCC[C@H]1CCN(Cc2ccccc2)C1=O. The van der Waals surface area contributed by atoms with Gasteiger partial charge in [0.15, 0.2) is 0 Å². The first kappa shape index (κ1) is 12.5. The van der Waals surface area contributed by atoms with Crippen molar-refractivity contribution in [1.82, 2.24) is 4.90 Å². The average molecular weight is 244 g/mol. The zero-order valence-electron chi connectivity index (χ0n) is 10.2. The molecular formula is C13H16N4O. The fourth-order valence-electron chi connectivity index (χ4n) is 2.29. The lowest BCUT2D eigenvalue weighted by molar-refractivity contribution is -0.131. The highest BCUT2D eigenvalue weighted by Crippen LogP contribution is 2.23. The predicted octanol–water partition coefficient (Wildman–Crippen LogP) is 2.74. The average Bonchev–Trinajstić information content (AvgIpc) is 2.73. The largest absolute Gasteiger partial charge is 0.338 e. The lowest BCUT2D eigenvalue weighted by atomic mass is 10.0. The molecule has 0 N–H and O–H groups in total. The van der Waals surface area contributed by atoms with Crippen LogP contribution in [0.4, 0.5) is 0 Å². The summed E-state index contributed by atoms with van der Waals surface area (Å²) in [7, 11) is 0. The van der Waals surface area contributed by atoms with Crippen LogP contribution in [0.3, 0.4) is 0 Å². The highest BCUT2D eigenvalue weighted by atomic mass is 16.2. The molecule has 1 atom stereocenters. The summed E-state index contributed by atoms with van der Waals surface area (Å²) in [5.41, 5.74) is 9.37. The molecule has 0 aromatic heterocycles. The molecule has 1 amide bonds. The number of likely N-dealkylation sites (tertiary alicyclic amines) is 1. The van der Waals surface area contributed by atoms with Crippen molar-refractivity contribution < 1.29 is 4.79 Å². The summed E-state index contributed by atoms with van der Waals surface area (Å²) >= 11 is 0. The predicted molar refractivity (Wildman–Crippen MR) is 68.6 cm³/mol. The van der Waals surface area contributed by atoms with Crippen molar-refractivity contribution in [1.29, 1.82) is 0 Å². The van der Waals surface area contributed by atoms with Gasteiger partial charge in [-0.15, -0.1) is 0 Å². The Kier molecular flexibility index (Phi) is 4.20. The number of amides is 1. The molecule has 94 valence electrons. The molecule has 5 heteroatoms. The molecule has 0 aliphatic carbocycles. The van der Waals surface area contributed by atoms with E-state index in [-0.39, 0.29) is 11.8 Å². The molecule has 0 bridgehead atoms. The lowest BCUT2D eigenvalue weighted by Gasteiger charge is -2.16. The normalized spacial score (nSPS) is 18.8. The van der Waals surface area contributed by atoms with Gasteiger partial charge in [-0.2, -0.15) is 0 Å². The van der Waals surface area contributed by atoms with Crippen molar-refractivity contribution in [2.75, 3.05) is 13.1 Å². The molecule has 5 nitrogen and oxygen atoms in total. The van der Waals surface area contributed by atoms with E-state index in [1.54, 1.807) is 0 Å². The van der Waals surface area contributed by atoms with Crippen LogP contribution >= 0.6 is 0 Å². The molecular weight excluding hydrogens is 228 g/mol. The smallest absolute Gasteiger partial charge is 0.226 e. The molecule has 1 aliphatic heterocycles. The van der Waals surface area contributed by atoms with Gasteiger partial charge in [-0.25, -0.2) is 0 Å². The molecule has 2 rings (SSSR count). The molecule has 18 heavy (non-hydrogen) atoms. The molecule has 0 spiro atoms. The fraction of sp³-hybridized carbons (Fsp3) is 0.462. The van der Waals surface area contributed by atoms with Crippen LogP contribution in [0.1, 0.15) is 18.4 Å². The van der Waals surface area contributed by atoms with Gasteiger partial charge in [0, 0.05) is 30.5 Å². The zero-order valence-corrected chi connectivity index (χ0v) is 10.2. The number of azide groups is 1. The maximum absolute atomic E-state index is 12.1. The summed E-state index contributed by atoms with van der Waals surface area (Å²) in [6.07, 6.45) is 1.53. The van der Waals surface area contributed by atoms with Gasteiger partial charge in [-0.1, -0.05) is 35.4 Å². The second-order valence-electron chi connectivity index (χ2n) is 4.47. The summed E-state index contributed by atoms with van der Waals surface area (Å²) < 4.78 is 0. The third-order valence-corrected chi connectivity index (χ3v) is 3.27. The number of nitrogens with zero attached hydrogens (tertiary/aromatic N) is 4. The summed E-state index contributed by atoms with van der Waals surface area (Å²) in [5, 5.41) is 3.49. The van der Waals surface area contributed by atoms with Crippen molar-refractivity contribution >= 4 is 5.91 Å². The van der Waals surface area contributed by atoms with E-state index in [1.165, 1.54) is 0 Å². The Bertz CT molecular complexity index is 453. The van der Waals surface area contributed by atoms with Crippen molar-refractivity contribution in [3.63, 3.8) is 0 Å². The molecule has 1 aliphatic rings. The first-order valence-corrected chi connectivity index (χ1v) is 6.15. The topological polar surface area (TPSA) is 69.1 Å². The van der Waals surface area contributed by atoms with Crippen molar-refractivity contribution in [2.45, 2.75) is 19.4 Å². The van der Waals surface area contributed by atoms with E-state index in [2.05, 4.69) is 10.0 Å². The van der Waals surface area contributed by atoms with Gasteiger partial charge < -0.3 is 4.90 Å². The highest BCUT2D eigenvalue weighted by molar-refractivity contribution is 5.80. The minimum Gasteiger partial charge on any atom is -0.338 e. The van der Waals surface area contributed by atoms with Gasteiger partial charge in [0.1, 0.15) is 0 Å². The maximum atomic E-state index is 12.1. The summed E-state index contributed by atoms with van der Waals surface area (Å²) in [6, 6.07) is 9.99. The monoisotopic (exact) mass is 244 g/mol. The van der Waals surface area contributed by atoms with Crippen molar-refractivity contribution in [2.24, 2.45) is 11.0 Å². The van der Waals surface area contributed by atoms with E-state index in [0.717, 1.165) is 18.5 Å². The molecule has 1 heterocycles. The quantitative estimate of drug-likeness (QED) is 0.446. The summed E-state index contributed by atoms with van der Waals surface area (Å²) in [4.78, 5) is 16.7. The molecule has 0 saturated carbocycles. The number of hydrogen-bond acceptors (Lipinski definition) is 2. The third-order valence-electron chi connectivity index (χ3n) is 3.27. The third kappa shape index (κ3) is 3.02. The number of carbonyl (C=O) groups is 1. The van der Waals surface area contributed by atoms with E-state index in [0.29, 0.717) is 19.5 Å². The Morgan fingerprint density at radius 2 is 2.17 bits per heavy atom. The second kappa shape index (κ2) is 6.07.